The number of esters is 1. The highest BCUT2D eigenvalue weighted by Crippen LogP contribution is 2.27. The Labute approximate surface area is 169 Å². The van der Waals surface area contributed by atoms with Crippen molar-refractivity contribution in [3.05, 3.63) is 36.5 Å². The molecule has 0 saturated carbocycles. The van der Waals surface area contributed by atoms with Gasteiger partial charge in [-0.2, -0.15) is 4.98 Å². The molecule has 154 valence electrons. The van der Waals surface area contributed by atoms with Crippen molar-refractivity contribution in [2.45, 2.75) is 12.8 Å². The SMILES string of the molecule is COC(=O)CNC(=O)C1CCCN(c2nccc(Nc3ccccc3OC)n2)C1. The van der Waals surface area contributed by atoms with Crippen molar-refractivity contribution < 1.29 is 19.1 Å². The summed E-state index contributed by atoms with van der Waals surface area (Å²) >= 11 is 0. The van der Waals surface area contributed by atoms with Gasteiger partial charge in [-0.15, -0.1) is 0 Å². The van der Waals surface area contributed by atoms with Gasteiger partial charge in [-0.05, 0) is 31.0 Å². The third-order valence-electron chi connectivity index (χ3n) is 4.72. The zero-order valence-electron chi connectivity index (χ0n) is 16.6. The first-order valence-electron chi connectivity index (χ1n) is 9.43. The van der Waals surface area contributed by atoms with E-state index < -0.39 is 5.97 Å². The van der Waals surface area contributed by atoms with Crippen LogP contribution in [0.3, 0.4) is 0 Å². The van der Waals surface area contributed by atoms with Gasteiger partial charge >= 0.3 is 5.97 Å². The average Bonchev–Trinajstić information content (AvgIpc) is 2.77. The summed E-state index contributed by atoms with van der Waals surface area (Å²) in [6, 6.07) is 9.36. The highest BCUT2D eigenvalue weighted by atomic mass is 16.5. The van der Waals surface area contributed by atoms with E-state index in [1.807, 2.05) is 29.2 Å². The molecule has 1 unspecified atom stereocenters. The summed E-state index contributed by atoms with van der Waals surface area (Å²) in [5.41, 5.74) is 0.804. The molecule has 1 aromatic heterocycles. The van der Waals surface area contributed by atoms with Gasteiger partial charge in [0.2, 0.25) is 11.9 Å². The van der Waals surface area contributed by atoms with Gasteiger partial charge in [-0.1, -0.05) is 12.1 Å². The normalized spacial score (nSPS) is 16.1. The van der Waals surface area contributed by atoms with Crippen molar-refractivity contribution in [2.75, 3.05) is 44.1 Å². The largest absolute Gasteiger partial charge is 0.495 e. The van der Waals surface area contributed by atoms with Crippen LogP contribution in [-0.2, 0) is 14.3 Å². The van der Waals surface area contributed by atoms with E-state index in [-0.39, 0.29) is 18.4 Å². The molecule has 1 aromatic carbocycles. The number of para-hydroxylation sites is 2. The van der Waals surface area contributed by atoms with Gasteiger partial charge in [-0.25, -0.2) is 4.98 Å². The molecule has 1 aliphatic rings. The summed E-state index contributed by atoms with van der Waals surface area (Å²) in [5.74, 6) is 1.04. The zero-order chi connectivity index (χ0) is 20.6. The lowest BCUT2D eigenvalue weighted by Crippen LogP contribution is -2.44. The summed E-state index contributed by atoms with van der Waals surface area (Å²) in [7, 11) is 2.91. The molecule has 0 spiro atoms. The molecule has 1 fully saturated rings. The molecule has 3 rings (SSSR count). The molecule has 0 radical (unpaired) electrons. The number of ether oxygens (including phenoxy) is 2. The van der Waals surface area contributed by atoms with Crippen LogP contribution in [0.25, 0.3) is 0 Å². The van der Waals surface area contributed by atoms with Gasteiger partial charge in [-0.3, -0.25) is 9.59 Å². The number of carbonyl (C=O) groups excluding carboxylic acids is 2. The van der Waals surface area contributed by atoms with E-state index in [1.165, 1.54) is 7.11 Å². The maximum absolute atomic E-state index is 12.4. The molecule has 0 aliphatic carbocycles. The van der Waals surface area contributed by atoms with Gasteiger partial charge in [0.15, 0.2) is 0 Å². The molecule has 29 heavy (non-hydrogen) atoms. The topological polar surface area (TPSA) is 106 Å². The Kier molecular flexibility index (Phi) is 6.83. The summed E-state index contributed by atoms with van der Waals surface area (Å²) < 4.78 is 9.92. The van der Waals surface area contributed by atoms with Crippen LogP contribution in [0, 0.1) is 5.92 Å². The number of carbonyl (C=O) groups is 2. The monoisotopic (exact) mass is 399 g/mol. The fourth-order valence-electron chi connectivity index (χ4n) is 3.20. The van der Waals surface area contributed by atoms with Crippen LogP contribution in [0.4, 0.5) is 17.5 Å². The van der Waals surface area contributed by atoms with Crippen molar-refractivity contribution in [1.82, 2.24) is 15.3 Å². The first kappa shape index (κ1) is 20.4. The number of amides is 1. The number of nitrogens with zero attached hydrogens (tertiary/aromatic N) is 3. The van der Waals surface area contributed by atoms with Crippen molar-refractivity contribution in [2.24, 2.45) is 5.92 Å². The predicted molar refractivity (Wildman–Crippen MR) is 108 cm³/mol. The summed E-state index contributed by atoms with van der Waals surface area (Å²) in [4.78, 5) is 34.5. The van der Waals surface area contributed by atoms with Crippen LogP contribution in [0.2, 0.25) is 0 Å². The molecule has 2 N–H and O–H groups in total. The van der Waals surface area contributed by atoms with Crippen LogP contribution in [0.1, 0.15) is 12.8 Å². The highest BCUT2D eigenvalue weighted by molar-refractivity contribution is 5.84. The molecule has 1 amide bonds. The Morgan fingerprint density at radius 1 is 1.24 bits per heavy atom. The standard InChI is InChI=1S/C20H25N5O4/c1-28-16-8-4-3-7-15(16)23-17-9-10-21-20(24-17)25-11-5-6-14(13-25)19(27)22-12-18(26)29-2/h3-4,7-10,14H,5-6,11-13H2,1-2H3,(H,22,27)(H,21,23,24). The van der Waals surface area contributed by atoms with Crippen LogP contribution >= 0.6 is 0 Å². The number of hydrogen-bond acceptors (Lipinski definition) is 8. The highest BCUT2D eigenvalue weighted by Gasteiger charge is 2.27. The molecule has 0 bridgehead atoms. The van der Waals surface area contributed by atoms with Crippen LogP contribution in [0.15, 0.2) is 36.5 Å². The Morgan fingerprint density at radius 3 is 2.86 bits per heavy atom. The number of aromatic nitrogens is 2. The number of anilines is 3. The molecule has 9 heteroatoms. The quantitative estimate of drug-likeness (QED) is 0.678. The predicted octanol–water partition coefficient (Wildman–Crippen LogP) is 1.73. The Morgan fingerprint density at radius 2 is 2.07 bits per heavy atom. The molecule has 2 aromatic rings. The second-order valence-electron chi connectivity index (χ2n) is 6.65. The Hall–Kier alpha value is -3.36. The minimum atomic E-state index is -0.468. The van der Waals surface area contributed by atoms with Crippen LogP contribution < -0.4 is 20.3 Å². The summed E-state index contributed by atoms with van der Waals surface area (Å²) in [6.45, 7) is 1.13. The molecule has 1 atom stereocenters. The fourth-order valence-corrected chi connectivity index (χ4v) is 3.20. The third-order valence-corrected chi connectivity index (χ3v) is 4.72. The first-order valence-corrected chi connectivity index (χ1v) is 9.43. The summed E-state index contributed by atoms with van der Waals surface area (Å²) in [6.07, 6.45) is 3.27. The number of nitrogens with one attached hydrogen (secondary N) is 2. The second kappa shape index (κ2) is 9.72. The maximum Gasteiger partial charge on any atom is 0.325 e. The van der Waals surface area contributed by atoms with Crippen LogP contribution in [0.5, 0.6) is 5.75 Å². The van der Waals surface area contributed by atoms with Gasteiger partial charge in [0.05, 0.1) is 25.8 Å². The number of rotatable bonds is 7. The molecule has 1 aliphatic heterocycles. The molecular weight excluding hydrogens is 374 g/mol. The van der Waals surface area contributed by atoms with E-state index in [1.54, 1.807) is 19.4 Å². The number of benzene rings is 1. The lowest BCUT2D eigenvalue weighted by molar-refractivity contribution is -0.141. The smallest absolute Gasteiger partial charge is 0.325 e. The van der Waals surface area contributed by atoms with Gasteiger partial charge in [0, 0.05) is 19.3 Å². The minimum Gasteiger partial charge on any atom is -0.495 e. The Bertz CT molecular complexity index is 860. The first-order chi connectivity index (χ1) is 14.1. The van der Waals surface area contributed by atoms with E-state index in [2.05, 4.69) is 25.3 Å². The second-order valence-corrected chi connectivity index (χ2v) is 6.65. The lowest BCUT2D eigenvalue weighted by atomic mass is 9.97. The molecular formula is C20H25N5O4. The summed E-state index contributed by atoms with van der Waals surface area (Å²) in [5, 5.41) is 5.87. The van der Waals surface area contributed by atoms with Crippen molar-refractivity contribution in [1.29, 1.82) is 0 Å². The maximum atomic E-state index is 12.4. The van der Waals surface area contributed by atoms with E-state index in [9.17, 15) is 9.59 Å². The third kappa shape index (κ3) is 5.34. The average molecular weight is 399 g/mol. The fraction of sp³-hybridized carbons (Fsp3) is 0.400. The van der Waals surface area contributed by atoms with Gasteiger partial charge in [0.25, 0.3) is 0 Å². The molecule has 1 saturated heterocycles. The molecule has 2 heterocycles. The van der Waals surface area contributed by atoms with Crippen molar-refractivity contribution in [3.63, 3.8) is 0 Å². The molecule has 9 nitrogen and oxygen atoms in total. The van der Waals surface area contributed by atoms with Gasteiger partial charge < -0.3 is 25.0 Å². The van der Waals surface area contributed by atoms with E-state index in [4.69, 9.17) is 4.74 Å². The zero-order valence-corrected chi connectivity index (χ0v) is 16.6. The minimum absolute atomic E-state index is 0.124. The van der Waals surface area contributed by atoms with Gasteiger partial charge in [0.1, 0.15) is 18.1 Å². The number of hydrogen-bond donors (Lipinski definition) is 2. The van der Waals surface area contributed by atoms with Crippen molar-refractivity contribution >= 4 is 29.3 Å². The number of piperidine rings is 1. The van der Waals surface area contributed by atoms with E-state index in [0.717, 1.165) is 25.1 Å². The van der Waals surface area contributed by atoms with E-state index >= 15 is 0 Å². The van der Waals surface area contributed by atoms with Crippen LogP contribution in [-0.4, -0.2) is 55.7 Å². The Balaban J connectivity index is 1.66. The van der Waals surface area contributed by atoms with E-state index in [0.29, 0.717) is 24.1 Å². The number of methoxy groups -OCH3 is 2. The van der Waals surface area contributed by atoms with Crippen molar-refractivity contribution in [3.8, 4) is 5.75 Å². The lowest BCUT2D eigenvalue weighted by Gasteiger charge is -2.32.